The monoisotopic (exact) mass is 437 g/mol. The van der Waals surface area contributed by atoms with Crippen molar-refractivity contribution in [1.82, 2.24) is 10.2 Å². The van der Waals surface area contributed by atoms with Crippen molar-refractivity contribution < 1.29 is 24.5 Å². The molecular weight excluding hydrogens is 410 g/mol. The molecule has 0 saturated heterocycles. The molecular formula is C24H27N3O5. The van der Waals surface area contributed by atoms with Crippen molar-refractivity contribution in [3.05, 3.63) is 59.8 Å². The molecule has 3 aromatic rings. The van der Waals surface area contributed by atoms with E-state index < -0.39 is 12.1 Å². The van der Waals surface area contributed by atoms with Crippen LogP contribution < -0.4 is 9.64 Å². The Kier molecular flexibility index (Phi) is 6.53. The normalized spacial score (nSPS) is 11.2. The molecule has 0 aliphatic carbocycles. The van der Waals surface area contributed by atoms with E-state index in [0.29, 0.717) is 23.4 Å². The van der Waals surface area contributed by atoms with Crippen LogP contribution in [0.15, 0.2) is 48.5 Å². The van der Waals surface area contributed by atoms with Gasteiger partial charge in [0.15, 0.2) is 5.82 Å². The van der Waals surface area contributed by atoms with Gasteiger partial charge in [-0.1, -0.05) is 45.0 Å². The molecule has 1 heterocycles. The maximum atomic E-state index is 12.3. The van der Waals surface area contributed by atoms with Gasteiger partial charge in [0.1, 0.15) is 5.75 Å². The molecule has 0 atom stereocenters. The van der Waals surface area contributed by atoms with Crippen molar-refractivity contribution in [2.24, 2.45) is 0 Å². The van der Waals surface area contributed by atoms with Crippen molar-refractivity contribution in [3.63, 3.8) is 0 Å². The van der Waals surface area contributed by atoms with Gasteiger partial charge in [0, 0.05) is 17.4 Å². The molecule has 1 aromatic heterocycles. The highest BCUT2D eigenvalue weighted by Crippen LogP contribution is 2.41. The van der Waals surface area contributed by atoms with E-state index in [-0.39, 0.29) is 17.7 Å². The fourth-order valence-electron chi connectivity index (χ4n) is 3.45. The van der Waals surface area contributed by atoms with Gasteiger partial charge in [0.05, 0.1) is 18.5 Å². The lowest BCUT2D eigenvalue weighted by Gasteiger charge is -2.22. The van der Waals surface area contributed by atoms with Gasteiger partial charge in [-0.05, 0) is 41.8 Å². The van der Waals surface area contributed by atoms with Crippen molar-refractivity contribution in [1.29, 1.82) is 0 Å². The number of anilines is 2. The second-order valence-electron chi connectivity index (χ2n) is 8.45. The number of H-pyrrole nitrogens is 1. The van der Waals surface area contributed by atoms with Gasteiger partial charge in [-0.3, -0.25) is 9.89 Å². The first-order valence-electron chi connectivity index (χ1n) is 10.2. The van der Waals surface area contributed by atoms with Gasteiger partial charge < -0.3 is 14.9 Å². The Morgan fingerprint density at radius 3 is 2.16 bits per heavy atom. The van der Waals surface area contributed by atoms with Crippen molar-refractivity contribution in [2.75, 3.05) is 12.0 Å². The summed E-state index contributed by atoms with van der Waals surface area (Å²) < 4.78 is 5.18. The number of amides is 1. The highest BCUT2D eigenvalue weighted by atomic mass is 16.5. The zero-order valence-electron chi connectivity index (χ0n) is 18.5. The number of hydrogen-bond donors (Lipinski definition) is 3. The summed E-state index contributed by atoms with van der Waals surface area (Å²) in [5, 5.41) is 26.4. The number of methoxy groups -OCH3 is 1. The van der Waals surface area contributed by atoms with Crippen LogP contribution in [0.3, 0.4) is 0 Å². The van der Waals surface area contributed by atoms with Crippen molar-refractivity contribution in [3.8, 4) is 16.9 Å². The Bertz CT molecular complexity index is 1100. The van der Waals surface area contributed by atoms with E-state index in [4.69, 9.17) is 9.84 Å². The highest BCUT2D eigenvalue weighted by molar-refractivity contribution is 5.99. The van der Waals surface area contributed by atoms with Crippen LogP contribution in [0.1, 0.15) is 38.4 Å². The van der Waals surface area contributed by atoms with Gasteiger partial charge in [0.25, 0.3) is 0 Å². The molecule has 1 amide bonds. The summed E-state index contributed by atoms with van der Waals surface area (Å²) in [6.45, 7) is 6.06. The summed E-state index contributed by atoms with van der Waals surface area (Å²) in [6, 6.07) is 14.2. The predicted molar refractivity (Wildman–Crippen MR) is 122 cm³/mol. The fraction of sp³-hybridized carbons (Fsp3) is 0.292. The SMILES string of the molecule is COc1ccc(N(C(=O)O)c2n[nH]c(C(C)(C)C)c2-c2ccc(CCC(=O)O)cc2)cc1. The number of ether oxygens (including phenoxy) is 1. The van der Waals surface area contributed by atoms with Crippen LogP contribution in [0.5, 0.6) is 5.75 Å². The fourth-order valence-corrected chi connectivity index (χ4v) is 3.45. The van der Waals surface area contributed by atoms with Gasteiger partial charge in [-0.15, -0.1) is 0 Å². The summed E-state index contributed by atoms with van der Waals surface area (Å²) in [4.78, 5) is 24.3. The zero-order chi connectivity index (χ0) is 23.5. The van der Waals surface area contributed by atoms with Gasteiger partial charge in [-0.25, -0.2) is 9.69 Å². The molecule has 32 heavy (non-hydrogen) atoms. The van der Waals surface area contributed by atoms with Crippen LogP contribution in [-0.4, -0.2) is 39.6 Å². The minimum absolute atomic E-state index is 0.0494. The maximum Gasteiger partial charge on any atom is 0.417 e. The third-order valence-electron chi connectivity index (χ3n) is 5.10. The number of nitrogens with one attached hydrogen (secondary N) is 1. The Labute approximate surface area is 186 Å². The molecule has 0 aliphatic rings. The number of carbonyl (C=O) groups is 2. The summed E-state index contributed by atoms with van der Waals surface area (Å²) in [6.07, 6.45) is -0.692. The van der Waals surface area contributed by atoms with E-state index in [1.807, 2.05) is 45.0 Å². The van der Waals surface area contributed by atoms with E-state index in [2.05, 4.69) is 10.2 Å². The number of hydrogen-bond acceptors (Lipinski definition) is 4. The number of aromatic amines is 1. The van der Waals surface area contributed by atoms with Crippen LogP contribution >= 0.6 is 0 Å². The van der Waals surface area contributed by atoms with E-state index in [9.17, 15) is 14.7 Å². The lowest BCUT2D eigenvalue weighted by Crippen LogP contribution is -2.24. The Balaban J connectivity index is 2.11. The minimum Gasteiger partial charge on any atom is -0.497 e. The van der Waals surface area contributed by atoms with Crippen LogP contribution in [0, 0.1) is 0 Å². The van der Waals surface area contributed by atoms with Crippen LogP contribution in [-0.2, 0) is 16.6 Å². The lowest BCUT2D eigenvalue weighted by molar-refractivity contribution is -0.136. The molecule has 3 rings (SSSR count). The molecule has 2 aromatic carbocycles. The van der Waals surface area contributed by atoms with Gasteiger partial charge >= 0.3 is 12.1 Å². The van der Waals surface area contributed by atoms with Crippen LogP contribution in [0.4, 0.5) is 16.3 Å². The molecule has 0 radical (unpaired) electrons. The number of aryl methyl sites for hydroxylation is 1. The zero-order valence-corrected chi connectivity index (χ0v) is 18.5. The molecule has 0 fully saturated rings. The number of aromatic nitrogens is 2. The first-order valence-corrected chi connectivity index (χ1v) is 10.2. The average Bonchev–Trinajstić information content (AvgIpc) is 3.18. The number of aliphatic carboxylic acids is 1. The Hall–Kier alpha value is -3.81. The molecule has 0 aliphatic heterocycles. The maximum absolute atomic E-state index is 12.3. The van der Waals surface area contributed by atoms with Crippen LogP contribution in [0.25, 0.3) is 11.1 Å². The second kappa shape index (κ2) is 9.13. The largest absolute Gasteiger partial charge is 0.497 e. The number of carboxylic acids is 1. The third-order valence-corrected chi connectivity index (χ3v) is 5.10. The van der Waals surface area contributed by atoms with Gasteiger partial charge in [-0.2, -0.15) is 5.10 Å². The van der Waals surface area contributed by atoms with E-state index in [1.165, 1.54) is 0 Å². The van der Waals surface area contributed by atoms with E-state index >= 15 is 0 Å². The molecule has 0 bridgehead atoms. The first kappa shape index (κ1) is 22.9. The van der Waals surface area contributed by atoms with E-state index in [0.717, 1.165) is 21.7 Å². The molecule has 0 spiro atoms. The summed E-state index contributed by atoms with van der Waals surface area (Å²) >= 11 is 0. The molecule has 0 unspecified atom stereocenters. The third kappa shape index (κ3) is 4.91. The van der Waals surface area contributed by atoms with Crippen molar-refractivity contribution in [2.45, 2.75) is 39.0 Å². The number of carboxylic acid groups (broad SMARTS) is 2. The molecule has 8 nitrogen and oxygen atoms in total. The first-order chi connectivity index (χ1) is 15.1. The predicted octanol–water partition coefficient (Wildman–Crippen LogP) is 5.22. The van der Waals surface area contributed by atoms with Gasteiger partial charge in [0.2, 0.25) is 0 Å². The molecule has 0 saturated carbocycles. The van der Waals surface area contributed by atoms with Crippen LogP contribution in [0.2, 0.25) is 0 Å². The quantitative estimate of drug-likeness (QED) is 0.467. The number of rotatable bonds is 7. The Morgan fingerprint density at radius 1 is 1.03 bits per heavy atom. The molecule has 168 valence electrons. The summed E-state index contributed by atoms with van der Waals surface area (Å²) in [5.41, 5.74) is 3.27. The Morgan fingerprint density at radius 2 is 1.66 bits per heavy atom. The molecule has 8 heteroatoms. The second-order valence-corrected chi connectivity index (χ2v) is 8.45. The van der Waals surface area contributed by atoms with Crippen molar-refractivity contribution >= 4 is 23.6 Å². The van der Waals surface area contributed by atoms with E-state index in [1.54, 1.807) is 31.4 Å². The minimum atomic E-state index is -1.17. The summed E-state index contributed by atoms with van der Waals surface area (Å²) in [7, 11) is 1.55. The molecule has 3 N–H and O–H groups in total. The average molecular weight is 437 g/mol. The number of nitrogens with zero attached hydrogens (tertiary/aromatic N) is 2. The standard InChI is InChI=1S/C24H27N3O5/c1-24(2,3)21-20(16-8-5-15(6-9-16)7-14-19(28)29)22(26-25-21)27(23(30)31)17-10-12-18(32-4)13-11-17/h5-6,8-13H,7,14H2,1-4H3,(H,25,26)(H,28,29)(H,30,31). The highest BCUT2D eigenvalue weighted by Gasteiger charge is 2.30. The smallest absolute Gasteiger partial charge is 0.417 e. The summed E-state index contributed by atoms with van der Waals surface area (Å²) in [5.74, 6) is 0.0392. The lowest BCUT2D eigenvalue weighted by atomic mass is 9.86. The number of benzene rings is 2. The topological polar surface area (TPSA) is 116 Å².